The van der Waals surface area contributed by atoms with Gasteiger partial charge in [0, 0.05) is 19.6 Å². The van der Waals surface area contributed by atoms with Crippen molar-refractivity contribution in [2.24, 2.45) is 0 Å². The first-order valence-corrected chi connectivity index (χ1v) is 8.28. The van der Waals surface area contributed by atoms with Gasteiger partial charge >= 0.3 is 12.2 Å². The van der Waals surface area contributed by atoms with Crippen molar-refractivity contribution in [1.82, 2.24) is 15.1 Å². The Morgan fingerprint density at radius 2 is 2.00 bits per heavy atom. The molecule has 2 heterocycles. The number of benzene rings is 1. The number of likely N-dealkylation sites (N-methyl/N-ethyl adjacent to an activating group) is 1. The first-order chi connectivity index (χ1) is 12.1. The van der Waals surface area contributed by atoms with E-state index in [0.717, 1.165) is 12.1 Å². The van der Waals surface area contributed by atoms with Crippen LogP contribution in [0.3, 0.4) is 0 Å². The van der Waals surface area contributed by atoms with Crippen molar-refractivity contribution >= 4 is 11.9 Å². The summed E-state index contributed by atoms with van der Waals surface area (Å²) in [4.78, 5) is 27.8. The van der Waals surface area contributed by atoms with E-state index in [-0.39, 0.29) is 36.5 Å². The normalized spacial score (nSPS) is 22.7. The molecule has 2 aliphatic heterocycles. The van der Waals surface area contributed by atoms with Crippen molar-refractivity contribution in [3.63, 3.8) is 0 Å². The molecule has 2 atom stereocenters. The number of rotatable bonds is 1. The van der Waals surface area contributed by atoms with Crippen LogP contribution in [0.2, 0.25) is 0 Å². The molecule has 2 aliphatic rings. The fourth-order valence-electron chi connectivity index (χ4n) is 3.23. The topological polar surface area (TPSA) is 61.9 Å². The van der Waals surface area contributed by atoms with E-state index in [1.165, 1.54) is 18.0 Å². The summed E-state index contributed by atoms with van der Waals surface area (Å²) in [6.07, 6.45) is -5.04. The second-order valence-corrected chi connectivity index (χ2v) is 6.86. The van der Waals surface area contributed by atoms with Crippen LogP contribution < -0.4 is 10.1 Å². The van der Waals surface area contributed by atoms with Crippen LogP contribution in [0.5, 0.6) is 5.75 Å². The monoisotopic (exact) mass is 371 g/mol. The predicted octanol–water partition coefficient (Wildman–Crippen LogP) is 2.34. The standard InChI is InChI=1S/C17H20F3N3O3/c1-9(2)21-16(25)23-7-12-14(8-23)26-13-5-4-10(17(18,19)20)6-11(13)15(24)22(12)3/h4-6,9,12,14H,7-8H2,1-3H3,(H,21,25). The summed E-state index contributed by atoms with van der Waals surface area (Å²) >= 11 is 0. The molecule has 3 amide bonds. The van der Waals surface area contributed by atoms with Gasteiger partial charge in [-0.05, 0) is 32.0 Å². The van der Waals surface area contributed by atoms with E-state index in [0.29, 0.717) is 0 Å². The lowest BCUT2D eigenvalue weighted by Gasteiger charge is -2.25. The molecule has 3 rings (SSSR count). The minimum Gasteiger partial charge on any atom is -0.486 e. The second-order valence-electron chi connectivity index (χ2n) is 6.86. The zero-order valence-electron chi connectivity index (χ0n) is 14.6. The molecule has 1 fully saturated rings. The van der Waals surface area contributed by atoms with Crippen molar-refractivity contribution in [3.8, 4) is 5.75 Å². The molecule has 0 aromatic heterocycles. The van der Waals surface area contributed by atoms with E-state index in [4.69, 9.17) is 4.74 Å². The molecule has 0 aliphatic carbocycles. The number of amides is 3. The first-order valence-electron chi connectivity index (χ1n) is 8.28. The van der Waals surface area contributed by atoms with Gasteiger partial charge in [-0.15, -0.1) is 0 Å². The highest BCUT2D eigenvalue weighted by Gasteiger charge is 2.44. The number of alkyl halides is 3. The SMILES string of the molecule is CC(C)NC(=O)N1CC2Oc3ccc(C(F)(F)F)cc3C(=O)N(C)C2C1. The zero-order valence-corrected chi connectivity index (χ0v) is 14.6. The summed E-state index contributed by atoms with van der Waals surface area (Å²) in [7, 11) is 1.52. The third-order valence-electron chi connectivity index (χ3n) is 4.57. The fraction of sp³-hybridized carbons (Fsp3) is 0.529. The summed E-state index contributed by atoms with van der Waals surface area (Å²) in [6, 6.07) is 2.16. The van der Waals surface area contributed by atoms with E-state index in [9.17, 15) is 22.8 Å². The summed E-state index contributed by atoms with van der Waals surface area (Å²) in [6.45, 7) is 4.19. The van der Waals surface area contributed by atoms with Crippen LogP contribution in [0.4, 0.5) is 18.0 Å². The van der Waals surface area contributed by atoms with Gasteiger partial charge in [0.05, 0.1) is 23.7 Å². The van der Waals surface area contributed by atoms with Gasteiger partial charge in [-0.3, -0.25) is 4.79 Å². The lowest BCUT2D eigenvalue weighted by molar-refractivity contribution is -0.137. The van der Waals surface area contributed by atoms with E-state index in [1.54, 1.807) is 4.90 Å². The van der Waals surface area contributed by atoms with Crippen LogP contribution in [0.25, 0.3) is 0 Å². The number of hydrogen-bond acceptors (Lipinski definition) is 3. The molecule has 26 heavy (non-hydrogen) atoms. The highest BCUT2D eigenvalue weighted by atomic mass is 19.4. The van der Waals surface area contributed by atoms with Crippen molar-refractivity contribution in [1.29, 1.82) is 0 Å². The van der Waals surface area contributed by atoms with Crippen molar-refractivity contribution in [3.05, 3.63) is 29.3 Å². The summed E-state index contributed by atoms with van der Waals surface area (Å²) < 4.78 is 44.6. The van der Waals surface area contributed by atoms with Crippen LogP contribution in [-0.2, 0) is 6.18 Å². The quantitative estimate of drug-likeness (QED) is 0.824. The van der Waals surface area contributed by atoms with Crippen molar-refractivity contribution in [2.45, 2.75) is 38.2 Å². The maximum Gasteiger partial charge on any atom is 0.416 e. The molecule has 9 heteroatoms. The van der Waals surface area contributed by atoms with E-state index in [2.05, 4.69) is 5.32 Å². The van der Waals surface area contributed by atoms with E-state index >= 15 is 0 Å². The molecule has 0 radical (unpaired) electrons. The Balaban J connectivity index is 1.88. The Morgan fingerprint density at radius 3 is 2.62 bits per heavy atom. The molecule has 0 spiro atoms. The Labute approximate surface area is 148 Å². The Kier molecular flexibility index (Phi) is 4.49. The molecule has 1 N–H and O–H groups in total. The maximum absolute atomic E-state index is 12.9. The molecule has 1 saturated heterocycles. The lowest BCUT2D eigenvalue weighted by Crippen LogP contribution is -2.45. The van der Waals surface area contributed by atoms with Gasteiger partial charge in [0.1, 0.15) is 11.9 Å². The average molecular weight is 371 g/mol. The van der Waals surface area contributed by atoms with Gasteiger partial charge in [-0.25, -0.2) is 4.79 Å². The number of carbonyl (C=O) groups excluding carboxylic acids is 2. The number of nitrogens with zero attached hydrogens (tertiary/aromatic N) is 2. The van der Waals surface area contributed by atoms with Crippen molar-refractivity contribution in [2.75, 3.05) is 20.1 Å². The molecule has 2 unspecified atom stereocenters. The Bertz CT molecular complexity index is 736. The number of halogens is 3. The van der Waals surface area contributed by atoms with E-state index in [1.807, 2.05) is 13.8 Å². The second kappa shape index (κ2) is 6.37. The number of ether oxygens (including phenoxy) is 1. The van der Waals surface area contributed by atoms with Gasteiger partial charge < -0.3 is 19.9 Å². The number of hydrogen-bond donors (Lipinski definition) is 1. The molecular weight excluding hydrogens is 351 g/mol. The molecule has 0 saturated carbocycles. The minimum atomic E-state index is -4.54. The molecular formula is C17H20F3N3O3. The third-order valence-corrected chi connectivity index (χ3v) is 4.57. The number of fused-ring (bicyclic) bond motifs is 2. The summed E-state index contributed by atoms with van der Waals surface area (Å²) in [5, 5.41) is 2.78. The Morgan fingerprint density at radius 1 is 1.31 bits per heavy atom. The van der Waals surface area contributed by atoms with Crippen molar-refractivity contribution < 1.29 is 27.5 Å². The smallest absolute Gasteiger partial charge is 0.416 e. The van der Waals surface area contributed by atoms with Gasteiger partial charge in [0.25, 0.3) is 5.91 Å². The number of nitrogens with one attached hydrogen (secondary N) is 1. The fourth-order valence-corrected chi connectivity index (χ4v) is 3.23. The minimum absolute atomic E-state index is 0.0327. The van der Waals surface area contributed by atoms with Gasteiger partial charge in [-0.1, -0.05) is 0 Å². The van der Waals surface area contributed by atoms with Crippen LogP contribution in [0.15, 0.2) is 18.2 Å². The molecule has 6 nitrogen and oxygen atoms in total. The number of likely N-dealkylation sites (tertiary alicyclic amines) is 1. The average Bonchev–Trinajstić information content (AvgIpc) is 2.92. The third kappa shape index (κ3) is 3.30. The molecule has 0 bridgehead atoms. The predicted molar refractivity (Wildman–Crippen MR) is 87.0 cm³/mol. The molecule has 142 valence electrons. The van der Waals surface area contributed by atoms with Gasteiger partial charge in [0.15, 0.2) is 0 Å². The molecule has 1 aromatic carbocycles. The van der Waals surface area contributed by atoms with Gasteiger partial charge in [0.2, 0.25) is 0 Å². The first kappa shape index (κ1) is 18.3. The summed E-state index contributed by atoms with van der Waals surface area (Å²) in [5.41, 5.74) is -1.01. The largest absolute Gasteiger partial charge is 0.486 e. The molecule has 1 aromatic rings. The lowest BCUT2D eigenvalue weighted by atomic mass is 10.1. The van der Waals surface area contributed by atoms with Crippen LogP contribution in [-0.4, -0.2) is 60.1 Å². The van der Waals surface area contributed by atoms with E-state index < -0.39 is 29.8 Å². The zero-order chi connectivity index (χ0) is 19.2. The van der Waals surface area contributed by atoms with Crippen LogP contribution in [0.1, 0.15) is 29.8 Å². The highest BCUT2D eigenvalue weighted by molar-refractivity contribution is 5.97. The number of urea groups is 1. The van der Waals surface area contributed by atoms with Crippen LogP contribution >= 0.6 is 0 Å². The number of carbonyl (C=O) groups is 2. The van der Waals surface area contributed by atoms with Crippen LogP contribution in [0, 0.1) is 0 Å². The maximum atomic E-state index is 12.9. The Hall–Kier alpha value is -2.45. The van der Waals surface area contributed by atoms with Gasteiger partial charge in [-0.2, -0.15) is 13.2 Å². The summed E-state index contributed by atoms with van der Waals surface area (Å²) in [5.74, 6) is -0.446. The highest BCUT2D eigenvalue weighted by Crippen LogP contribution is 2.36.